The summed E-state index contributed by atoms with van der Waals surface area (Å²) in [5.41, 5.74) is 3.32. The van der Waals surface area contributed by atoms with E-state index in [4.69, 9.17) is 0 Å². The number of hydrogen-bond acceptors (Lipinski definition) is 1. The van der Waals surface area contributed by atoms with E-state index in [0.717, 1.165) is 11.1 Å². The first-order valence-corrected chi connectivity index (χ1v) is 6.30. The van der Waals surface area contributed by atoms with Crippen LogP contribution in [0, 0.1) is 6.92 Å². The smallest absolute Gasteiger partial charge is 0.244 e. The number of carbonyl (C=O) groups excluding carboxylic acids is 1. The average molecular weight is 251 g/mol. The first-order valence-electron chi connectivity index (χ1n) is 6.30. The lowest BCUT2D eigenvalue weighted by Crippen LogP contribution is -2.20. The molecule has 2 rings (SSSR count). The van der Waals surface area contributed by atoms with E-state index in [1.54, 1.807) is 6.08 Å². The minimum Gasteiger partial charge on any atom is -0.348 e. The van der Waals surface area contributed by atoms with Crippen LogP contribution in [0.15, 0.2) is 60.7 Å². The molecular formula is C17H17NO. The van der Waals surface area contributed by atoms with Crippen LogP contribution in [0.3, 0.4) is 0 Å². The van der Waals surface area contributed by atoms with Crippen LogP contribution in [0.4, 0.5) is 0 Å². The van der Waals surface area contributed by atoms with Crippen LogP contribution in [0.25, 0.3) is 6.08 Å². The van der Waals surface area contributed by atoms with Crippen LogP contribution in [-0.4, -0.2) is 5.91 Å². The Hall–Kier alpha value is -2.35. The molecule has 19 heavy (non-hydrogen) atoms. The minimum absolute atomic E-state index is 0.0784. The van der Waals surface area contributed by atoms with Gasteiger partial charge in [0, 0.05) is 12.6 Å². The minimum atomic E-state index is -0.0784. The monoisotopic (exact) mass is 251 g/mol. The fourth-order valence-electron chi connectivity index (χ4n) is 1.79. The number of carbonyl (C=O) groups is 1. The van der Waals surface area contributed by atoms with E-state index in [0.29, 0.717) is 6.54 Å². The average Bonchev–Trinajstić information content (AvgIpc) is 2.44. The van der Waals surface area contributed by atoms with E-state index in [9.17, 15) is 4.79 Å². The summed E-state index contributed by atoms with van der Waals surface area (Å²) in [7, 11) is 0. The fourth-order valence-corrected chi connectivity index (χ4v) is 1.79. The van der Waals surface area contributed by atoms with Crippen molar-refractivity contribution < 1.29 is 4.79 Å². The molecule has 0 bridgehead atoms. The maximum atomic E-state index is 11.7. The van der Waals surface area contributed by atoms with Crippen LogP contribution in [0.1, 0.15) is 16.7 Å². The van der Waals surface area contributed by atoms with E-state index < -0.39 is 0 Å². The zero-order valence-corrected chi connectivity index (χ0v) is 11.0. The molecule has 0 fully saturated rings. The van der Waals surface area contributed by atoms with Crippen molar-refractivity contribution >= 4 is 12.0 Å². The Morgan fingerprint density at radius 2 is 1.89 bits per heavy atom. The van der Waals surface area contributed by atoms with Gasteiger partial charge in [0.2, 0.25) is 5.91 Å². The van der Waals surface area contributed by atoms with Crippen LogP contribution in [-0.2, 0) is 11.3 Å². The van der Waals surface area contributed by atoms with Crippen molar-refractivity contribution in [3.63, 3.8) is 0 Å². The largest absolute Gasteiger partial charge is 0.348 e. The Labute approximate surface area is 113 Å². The van der Waals surface area contributed by atoms with Crippen molar-refractivity contribution in [3.8, 4) is 0 Å². The molecule has 0 saturated carbocycles. The predicted octanol–water partition coefficient (Wildman–Crippen LogP) is 3.32. The predicted molar refractivity (Wildman–Crippen MR) is 78.5 cm³/mol. The van der Waals surface area contributed by atoms with Gasteiger partial charge in [-0.15, -0.1) is 0 Å². The molecule has 0 aromatic heterocycles. The van der Waals surface area contributed by atoms with Gasteiger partial charge in [-0.25, -0.2) is 0 Å². The van der Waals surface area contributed by atoms with E-state index in [2.05, 4.69) is 5.32 Å². The quantitative estimate of drug-likeness (QED) is 0.830. The third-order valence-electron chi connectivity index (χ3n) is 2.78. The van der Waals surface area contributed by atoms with Crippen molar-refractivity contribution in [1.29, 1.82) is 0 Å². The number of hydrogen-bond donors (Lipinski definition) is 1. The summed E-state index contributed by atoms with van der Waals surface area (Å²) in [6.07, 6.45) is 3.39. The number of amides is 1. The molecule has 96 valence electrons. The van der Waals surface area contributed by atoms with Gasteiger partial charge in [-0.2, -0.15) is 0 Å². The zero-order chi connectivity index (χ0) is 13.5. The molecule has 0 unspecified atom stereocenters. The zero-order valence-electron chi connectivity index (χ0n) is 11.0. The molecule has 0 atom stereocenters. The van der Waals surface area contributed by atoms with E-state index in [1.807, 2.05) is 67.6 Å². The topological polar surface area (TPSA) is 29.1 Å². The fraction of sp³-hybridized carbons (Fsp3) is 0.118. The van der Waals surface area contributed by atoms with Gasteiger partial charge in [-0.05, 0) is 24.1 Å². The summed E-state index contributed by atoms with van der Waals surface area (Å²) in [4.78, 5) is 11.7. The molecule has 0 heterocycles. The lowest BCUT2D eigenvalue weighted by atomic mass is 10.1. The summed E-state index contributed by atoms with van der Waals surface area (Å²) in [5, 5.41) is 2.86. The number of nitrogens with one attached hydrogen (secondary N) is 1. The molecule has 0 aliphatic carbocycles. The first kappa shape index (κ1) is 13.1. The Morgan fingerprint density at radius 1 is 1.11 bits per heavy atom. The number of aryl methyl sites for hydroxylation is 1. The van der Waals surface area contributed by atoms with Gasteiger partial charge in [0.1, 0.15) is 0 Å². The molecule has 2 heteroatoms. The molecule has 0 aliphatic rings. The summed E-state index contributed by atoms with van der Waals surface area (Å²) in [6.45, 7) is 2.59. The van der Waals surface area contributed by atoms with Gasteiger partial charge in [0.15, 0.2) is 0 Å². The van der Waals surface area contributed by atoms with Crippen molar-refractivity contribution in [1.82, 2.24) is 5.32 Å². The maximum absolute atomic E-state index is 11.7. The molecule has 0 saturated heterocycles. The molecule has 1 amide bonds. The van der Waals surface area contributed by atoms with Crippen molar-refractivity contribution in [2.75, 3.05) is 0 Å². The standard InChI is InChI=1S/C17H17NO/c1-14-6-5-9-15(12-14)10-11-17(19)18-13-16-7-3-2-4-8-16/h2-12H,13H2,1H3,(H,18,19)/b11-10+. The molecule has 1 N–H and O–H groups in total. The van der Waals surface area contributed by atoms with Gasteiger partial charge >= 0.3 is 0 Å². The third kappa shape index (κ3) is 4.43. The second-order valence-electron chi connectivity index (χ2n) is 4.45. The highest BCUT2D eigenvalue weighted by Crippen LogP contribution is 2.05. The van der Waals surface area contributed by atoms with Crippen LogP contribution >= 0.6 is 0 Å². The maximum Gasteiger partial charge on any atom is 0.244 e. The third-order valence-corrected chi connectivity index (χ3v) is 2.78. The molecule has 0 radical (unpaired) electrons. The van der Waals surface area contributed by atoms with Gasteiger partial charge in [0.05, 0.1) is 0 Å². The van der Waals surface area contributed by atoms with E-state index in [-0.39, 0.29) is 5.91 Å². The SMILES string of the molecule is Cc1cccc(/C=C/C(=O)NCc2ccccc2)c1. The Kier molecular flexibility index (Phi) is 4.51. The summed E-state index contributed by atoms with van der Waals surface area (Å²) >= 11 is 0. The molecule has 2 nitrogen and oxygen atoms in total. The van der Waals surface area contributed by atoms with Gasteiger partial charge in [0.25, 0.3) is 0 Å². The summed E-state index contributed by atoms with van der Waals surface area (Å²) in [6, 6.07) is 17.9. The van der Waals surface area contributed by atoms with E-state index in [1.165, 1.54) is 5.56 Å². The highest BCUT2D eigenvalue weighted by atomic mass is 16.1. The number of rotatable bonds is 4. The molecule has 2 aromatic carbocycles. The molecule has 0 spiro atoms. The van der Waals surface area contributed by atoms with Crippen molar-refractivity contribution in [2.24, 2.45) is 0 Å². The van der Waals surface area contributed by atoms with Crippen LogP contribution in [0.2, 0.25) is 0 Å². The Morgan fingerprint density at radius 3 is 2.63 bits per heavy atom. The first-order chi connectivity index (χ1) is 9.24. The summed E-state index contributed by atoms with van der Waals surface area (Å²) in [5.74, 6) is -0.0784. The normalized spacial score (nSPS) is 10.6. The lowest BCUT2D eigenvalue weighted by molar-refractivity contribution is -0.116. The second kappa shape index (κ2) is 6.55. The van der Waals surface area contributed by atoms with E-state index >= 15 is 0 Å². The van der Waals surface area contributed by atoms with Crippen molar-refractivity contribution in [2.45, 2.75) is 13.5 Å². The van der Waals surface area contributed by atoms with Gasteiger partial charge in [-0.3, -0.25) is 4.79 Å². The molecule has 0 aliphatic heterocycles. The Bertz CT molecular complexity index is 573. The van der Waals surface area contributed by atoms with Gasteiger partial charge in [-0.1, -0.05) is 60.2 Å². The van der Waals surface area contributed by atoms with Crippen molar-refractivity contribution in [3.05, 3.63) is 77.4 Å². The Balaban J connectivity index is 1.88. The highest BCUT2D eigenvalue weighted by molar-refractivity contribution is 5.91. The summed E-state index contributed by atoms with van der Waals surface area (Å²) < 4.78 is 0. The molecular weight excluding hydrogens is 234 g/mol. The second-order valence-corrected chi connectivity index (χ2v) is 4.45. The van der Waals surface area contributed by atoms with Crippen LogP contribution < -0.4 is 5.32 Å². The lowest BCUT2D eigenvalue weighted by Gasteiger charge is -2.02. The van der Waals surface area contributed by atoms with Gasteiger partial charge < -0.3 is 5.32 Å². The number of benzene rings is 2. The molecule has 2 aromatic rings. The van der Waals surface area contributed by atoms with Crippen LogP contribution in [0.5, 0.6) is 0 Å². The highest BCUT2D eigenvalue weighted by Gasteiger charge is 1.96.